The van der Waals surface area contributed by atoms with Crippen molar-refractivity contribution in [3.8, 4) is 0 Å². The number of rotatable bonds is 0. The van der Waals surface area contributed by atoms with E-state index in [4.69, 9.17) is 0 Å². The summed E-state index contributed by atoms with van der Waals surface area (Å²) in [6.45, 7) is 2.43. The van der Waals surface area contributed by atoms with Gasteiger partial charge in [-0.15, -0.1) is 0 Å². The molecule has 0 radical (unpaired) electrons. The van der Waals surface area contributed by atoms with Gasteiger partial charge in [-0.05, 0) is 52.5 Å². The van der Waals surface area contributed by atoms with Crippen LogP contribution in [0, 0.1) is 5.41 Å². The highest BCUT2D eigenvalue weighted by molar-refractivity contribution is 5.87. The third-order valence-corrected chi connectivity index (χ3v) is 5.03. The molecule has 0 saturated carbocycles. The van der Waals surface area contributed by atoms with E-state index in [9.17, 15) is 0 Å². The van der Waals surface area contributed by atoms with Crippen LogP contribution in [0.1, 0.15) is 36.8 Å². The zero-order valence-electron chi connectivity index (χ0n) is 10.8. The molecule has 90 valence electrons. The van der Waals surface area contributed by atoms with Gasteiger partial charge in [0.25, 0.3) is 0 Å². The Morgan fingerprint density at radius 3 is 2.94 bits per heavy atom. The van der Waals surface area contributed by atoms with Gasteiger partial charge >= 0.3 is 0 Å². The summed E-state index contributed by atoms with van der Waals surface area (Å²) in [5.41, 5.74) is 3.63. The standard InChI is InChI=1S/C18H18/c1-18-11-4-7-17(18)16-9-8-13-5-2-3-6-14(13)15(16)10-12-18/h2-6,8-9,11,17H,7,10,12H2,1H3/t17-,18-/m0/s1. The Bertz CT molecular complexity index is 650. The van der Waals surface area contributed by atoms with Gasteiger partial charge in [-0.3, -0.25) is 0 Å². The number of benzene rings is 2. The normalized spacial score (nSPS) is 29.3. The van der Waals surface area contributed by atoms with E-state index in [-0.39, 0.29) is 0 Å². The number of hydrogen-bond donors (Lipinski definition) is 0. The van der Waals surface area contributed by atoms with Crippen molar-refractivity contribution in [2.24, 2.45) is 5.41 Å². The van der Waals surface area contributed by atoms with Crippen LogP contribution in [-0.2, 0) is 6.42 Å². The molecule has 0 bridgehead atoms. The van der Waals surface area contributed by atoms with E-state index in [1.54, 1.807) is 11.1 Å². The van der Waals surface area contributed by atoms with Crippen LogP contribution in [0.25, 0.3) is 10.8 Å². The Labute approximate surface area is 108 Å². The van der Waals surface area contributed by atoms with Gasteiger partial charge in [0.1, 0.15) is 0 Å². The van der Waals surface area contributed by atoms with E-state index in [1.807, 2.05) is 0 Å². The van der Waals surface area contributed by atoms with Gasteiger partial charge in [-0.2, -0.15) is 0 Å². The van der Waals surface area contributed by atoms with Crippen LogP contribution in [0.15, 0.2) is 48.6 Å². The predicted molar refractivity (Wildman–Crippen MR) is 76.9 cm³/mol. The van der Waals surface area contributed by atoms with Crippen LogP contribution in [-0.4, -0.2) is 0 Å². The minimum absolute atomic E-state index is 0.412. The lowest BCUT2D eigenvalue weighted by Gasteiger charge is -2.38. The van der Waals surface area contributed by atoms with Crippen LogP contribution in [0.3, 0.4) is 0 Å². The summed E-state index contributed by atoms with van der Waals surface area (Å²) in [6, 6.07) is 13.5. The van der Waals surface area contributed by atoms with Crippen LogP contribution < -0.4 is 0 Å². The van der Waals surface area contributed by atoms with Crippen LogP contribution in [0.4, 0.5) is 0 Å². The molecule has 0 nitrogen and oxygen atoms in total. The molecule has 0 heterocycles. The van der Waals surface area contributed by atoms with Gasteiger partial charge in [-0.25, -0.2) is 0 Å². The molecule has 0 aliphatic heterocycles. The van der Waals surface area contributed by atoms with Crippen molar-refractivity contribution in [2.45, 2.75) is 32.1 Å². The van der Waals surface area contributed by atoms with Crippen molar-refractivity contribution in [3.05, 3.63) is 59.7 Å². The van der Waals surface area contributed by atoms with Crippen molar-refractivity contribution >= 4 is 10.8 Å². The van der Waals surface area contributed by atoms with Crippen molar-refractivity contribution in [2.75, 3.05) is 0 Å². The molecule has 2 aliphatic rings. The molecule has 0 spiro atoms. The molecule has 0 unspecified atom stereocenters. The molecule has 0 heteroatoms. The molecule has 0 aromatic heterocycles. The third kappa shape index (κ3) is 1.26. The summed E-state index contributed by atoms with van der Waals surface area (Å²) >= 11 is 0. The van der Waals surface area contributed by atoms with Crippen LogP contribution in [0.2, 0.25) is 0 Å². The average molecular weight is 234 g/mol. The number of aryl methyl sites for hydroxylation is 1. The lowest BCUT2D eigenvalue weighted by Crippen LogP contribution is -2.26. The lowest BCUT2D eigenvalue weighted by molar-refractivity contribution is 0.312. The van der Waals surface area contributed by atoms with Crippen molar-refractivity contribution in [1.29, 1.82) is 0 Å². The van der Waals surface area contributed by atoms with Crippen molar-refractivity contribution < 1.29 is 0 Å². The molecular formula is C18H18. The topological polar surface area (TPSA) is 0 Å². The Balaban J connectivity index is 1.98. The molecule has 0 amide bonds. The summed E-state index contributed by atoms with van der Waals surface area (Å²) in [4.78, 5) is 0. The Kier molecular flexibility index (Phi) is 2.00. The molecule has 2 aromatic carbocycles. The van der Waals surface area contributed by atoms with E-state index >= 15 is 0 Å². The molecule has 0 N–H and O–H groups in total. The maximum absolute atomic E-state index is 2.45. The number of fused-ring (bicyclic) bond motifs is 5. The van der Waals surface area contributed by atoms with Gasteiger partial charge < -0.3 is 0 Å². The summed E-state index contributed by atoms with van der Waals surface area (Å²) in [5.74, 6) is 0.714. The monoisotopic (exact) mass is 234 g/mol. The van der Waals surface area contributed by atoms with Gasteiger partial charge in [-0.1, -0.05) is 55.5 Å². The molecule has 0 fully saturated rings. The van der Waals surface area contributed by atoms with Crippen LogP contribution in [0.5, 0.6) is 0 Å². The van der Waals surface area contributed by atoms with E-state index in [0.29, 0.717) is 11.3 Å². The smallest absolute Gasteiger partial charge is 0.00358 e. The maximum Gasteiger partial charge on any atom is -0.00358 e. The second-order valence-corrected chi connectivity index (χ2v) is 6.05. The fraction of sp³-hybridized carbons (Fsp3) is 0.333. The third-order valence-electron chi connectivity index (χ3n) is 5.03. The SMILES string of the molecule is C[C@@]12C=CC[C@H]1c1ccc3ccccc3c1CC2. The average Bonchev–Trinajstić information content (AvgIpc) is 2.80. The largest absolute Gasteiger partial charge is 0.0873 e. The highest BCUT2D eigenvalue weighted by atomic mass is 14.4. The fourth-order valence-corrected chi connectivity index (χ4v) is 3.95. The Hall–Kier alpha value is -1.56. The fourth-order valence-electron chi connectivity index (χ4n) is 3.95. The molecular weight excluding hydrogens is 216 g/mol. The van der Waals surface area contributed by atoms with E-state index in [1.165, 1.54) is 30.0 Å². The highest BCUT2D eigenvalue weighted by Crippen LogP contribution is 2.52. The van der Waals surface area contributed by atoms with E-state index in [0.717, 1.165) is 0 Å². The summed E-state index contributed by atoms with van der Waals surface area (Å²) in [5, 5.41) is 2.87. The second-order valence-electron chi connectivity index (χ2n) is 6.05. The predicted octanol–water partition coefficient (Wildman–Crippen LogP) is 4.84. The minimum atomic E-state index is 0.412. The quantitative estimate of drug-likeness (QED) is 0.572. The second kappa shape index (κ2) is 3.47. The lowest BCUT2D eigenvalue weighted by atomic mass is 9.66. The van der Waals surface area contributed by atoms with Crippen molar-refractivity contribution in [1.82, 2.24) is 0 Å². The van der Waals surface area contributed by atoms with Crippen LogP contribution >= 0.6 is 0 Å². The minimum Gasteiger partial charge on any atom is -0.0873 e. The first kappa shape index (κ1) is 10.4. The first-order valence-corrected chi connectivity index (χ1v) is 6.96. The molecule has 18 heavy (non-hydrogen) atoms. The zero-order valence-corrected chi connectivity index (χ0v) is 10.8. The van der Waals surface area contributed by atoms with Crippen molar-refractivity contribution in [3.63, 3.8) is 0 Å². The molecule has 2 atom stereocenters. The van der Waals surface area contributed by atoms with Gasteiger partial charge in [0.2, 0.25) is 0 Å². The Morgan fingerprint density at radius 2 is 2.00 bits per heavy atom. The van der Waals surface area contributed by atoms with Gasteiger partial charge in [0.15, 0.2) is 0 Å². The highest BCUT2D eigenvalue weighted by Gasteiger charge is 2.40. The number of hydrogen-bond acceptors (Lipinski definition) is 0. The zero-order chi connectivity index (χ0) is 12.2. The van der Waals surface area contributed by atoms with Gasteiger partial charge in [0.05, 0.1) is 0 Å². The summed E-state index contributed by atoms with van der Waals surface area (Å²) < 4.78 is 0. The van der Waals surface area contributed by atoms with Gasteiger partial charge in [0, 0.05) is 0 Å². The molecule has 2 aliphatic carbocycles. The first-order chi connectivity index (χ1) is 8.78. The molecule has 0 saturated heterocycles. The molecule has 2 aromatic rings. The van der Waals surface area contributed by atoms with E-state index in [2.05, 4.69) is 55.5 Å². The summed E-state index contributed by atoms with van der Waals surface area (Å²) in [7, 11) is 0. The first-order valence-electron chi connectivity index (χ1n) is 6.96. The summed E-state index contributed by atoms with van der Waals surface area (Å²) in [6.07, 6.45) is 8.59. The molecule has 4 rings (SSSR count). The number of allylic oxidation sites excluding steroid dienone is 2. The Morgan fingerprint density at radius 1 is 1.11 bits per heavy atom. The van der Waals surface area contributed by atoms with E-state index < -0.39 is 0 Å². The maximum atomic E-state index is 2.45.